The summed E-state index contributed by atoms with van der Waals surface area (Å²) in [4.78, 5) is 24.5. The number of nitrogens with zero attached hydrogens (tertiary/aromatic N) is 1. The third-order valence-corrected chi connectivity index (χ3v) is 3.32. The molecule has 2 amide bonds. The van der Waals surface area contributed by atoms with E-state index in [0.717, 1.165) is 0 Å². The molecule has 0 radical (unpaired) electrons. The molecule has 0 saturated heterocycles. The number of aryl methyl sites for hydroxylation is 1. The minimum atomic E-state index is -1.04. The molecule has 0 unspecified atom stereocenters. The predicted octanol–water partition coefficient (Wildman–Crippen LogP) is 1.93. The molecule has 0 aromatic heterocycles. The topological polar surface area (TPSA) is 89.9 Å². The van der Waals surface area contributed by atoms with Gasteiger partial charge in [0, 0.05) is 12.7 Å². The van der Waals surface area contributed by atoms with Crippen molar-refractivity contribution >= 4 is 17.7 Å². The quantitative estimate of drug-likeness (QED) is 0.786. The molecule has 0 bridgehead atoms. The van der Waals surface area contributed by atoms with Crippen LogP contribution in [0.4, 0.5) is 10.5 Å². The SMILES string of the molecule is Cc1ccc(NC(=O)N(C)C(C)(C)CO)cc1C(=O)O. The standard InChI is InChI=1S/C14H20N2O4/c1-9-5-6-10(7-11(9)12(18)19)15-13(20)16(4)14(2,3)8-17/h5-7,17H,8H2,1-4H3,(H,15,20)(H,18,19). The second kappa shape index (κ2) is 5.92. The third kappa shape index (κ3) is 3.48. The molecule has 1 rings (SSSR count). The average Bonchev–Trinajstić information content (AvgIpc) is 2.39. The highest BCUT2D eigenvalue weighted by Gasteiger charge is 2.26. The summed E-state index contributed by atoms with van der Waals surface area (Å²) in [6.07, 6.45) is 0. The van der Waals surface area contributed by atoms with Gasteiger partial charge in [-0.05, 0) is 38.5 Å². The maximum atomic E-state index is 12.0. The second-order valence-corrected chi connectivity index (χ2v) is 5.29. The van der Waals surface area contributed by atoms with E-state index in [0.29, 0.717) is 11.3 Å². The van der Waals surface area contributed by atoms with Gasteiger partial charge in [-0.1, -0.05) is 6.07 Å². The van der Waals surface area contributed by atoms with Crippen LogP contribution in [0.3, 0.4) is 0 Å². The van der Waals surface area contributed by atoms with Crippen molar-refractivity contribution in [3.63, 3.8) is 0 Å². The molecule has 0 heterocycles. The Labute approximate surface area is 118 Å². The van der Waals surface area contributed by atoms with Crippen LogP contribution >= 0.6 is 0 Å². The zero-order valence-electron chi connectivity index (χ0n) is 12.1. The van der Waals surface area contributed by atoms with E-state index in [1.807, 2.05) is 0 Å². The van der Waals surface area contributed by atoms with Crippen LogP contribution in [-0.4, -0.2) is 46.3 Å². The van der Waals surface area contributed by atoms with E-state index in [4.69, 9.17) is 5.11 Å². The van der Waals surface area contributed by atoms with Crippen LogP contribution in [0.2, 0.25) is 0 Å². The Bertz CT molecular complexity index is 526. The van der Waals surface area contributed by atoms with Crippen molar-refractivity contribution in [1.29, 1.82) is 0 Å². The van der Waals surface area contributed by atoms with Crippen LogP contribution < -0.4 is 5.32 Å². The molecule has 0 aliphatic carbocycles. The van der Waals surface area contributed by atoms with Crippen molar-refractivity contribution in [2.45, 2.75) is 26.3 Å². The summed E-state index contributed by atoms with van der Waals surface area (Å²) in [5, 5.41) is 20.9. The van der Waals surface area contributed by atoms with E-state index in [1.54, 1.807) is 40.0 Å². The number of benzene rings is 1. The van der Waals surface area contributed by atoms with E-state index < -0.39 is 17.5 Å². The Hall–Kier alpha value is -2.08. The van der Waals surface area contributed by atoms with Gasteiger partial charge in [0.2, 0.25) is 0 Å². The van der Waals surface area contributed by atoms with Gasteiger partial charge in [-0.25, -0.2) is 9.59 Å². The molecule has 1 aromatic carbocycles. The first-order valence-electron chi connectivity index (χ1n) is 6.18. The summed E-state index contributed by atoms with van der Waals surface area (Å²) in [5.74, 6) is -1.04. The average molecular weight is 280 g/mol. The number of aliphatic hydroxyl groups excluding tert-OH is 1. The molecule has 0 fully saturated rings. The lowest BCUT2D eigenvalue weighted by atomic mass is 10.1. The zero-order valence-corrected chi connectivity index (χ0v) is 12.1. The Morgan fingerprint density at radius 2 is 1.95 bits per heavy atom. The lowest BCUT2D eigenvalue weighted by Gasteiger charge is -2.33. The molecule has 0 aliphatic rings. The van der Waals surface area contributed by atoms with Gasteiger partial charge in [0.25, 0.3) is 0 Å². The third-order valence-electron chi connectivity index (χ3n) is 3.32. The van der Waals surface area contributed by atoms with E-state index in [2.05, 4.69) is 5.32 Å². The summed E-state index contributed by atoms with van der Waals surface area (Å²) < 4.78 is 0. The number of urea groups is 1. The van der Waals surface area contributed by atoms with Crippen LogP contribution in [0.25, 0.3) is 0 Å². The molecule has 20 heavy (non-hydrogen) atoms. The summed E-state index contributed by atoms with van der Waals surface area (Å²) in [5.41, 5.74) is 0.467. The summed E-state index contributed by atoms with van der Waals surface area (Å²) in [6, 6.07) is 4.27. The number of anilines is 1. The number of amides is 2. The fourth-order valence-electron chi connectivity index (χ4n) is 1.52. The first-order chi connectivity index (χ1) is 9.19. The minimum absolute atomic E-state index is 0.145. The number of carbonyl (C=O) groups excluding carboxylic acids is 1. The Balaban J connectivity index is 2.92. The highest BCUT2D eigenvalue weighted by atomic mass is 16.4. The van der Waals surface area contributed by atoms with Crippen LogP contribution in [-0.2, 0) is 0 Å². The normalized spacial score (nSPS) is 11.1. The van der Waals surface area contributed by atoms with Gasteiger partial charge in [0.15, 0.2) is 0 Å². The van der Waals surface area contributed by atoms with Crippen LogP contribution in [0, 0.1) is 6.92 Å². The number of hydrogen-bond acceptors (Lipinski definition) is 3. The monoisotopic (exact) mass is 280 g/mol. The molecule has 0 saturated carbocycles. The predicted molar refractivity (Wildman–Crippen MR) is 76.1 cm³/mol. The molecule has 110 valence electrons. The maximum Gasteiger partial charge on any atom is 0.336 e. The van der Waals surface area contributed by atoms with Gasteiger partial charge >= 0.3 is 12.0 Å². The molecule has 6 nitrogen and oxygen atoms in total. The van der Waals surface area contributed by atoms with E-state index in [-0.39, 0.29) is 12.2 Å². The van der Waals surface area contributed by atoms with Gasteiger partial charge < -0.3 is 20.4 Å². The van der Waals surface area contributed by atoms with Crippen molar-refractivity contribution in [3.05, 3.63) is 29.3 Å². The van der Waals surface area contributed by atoms with Gasteiger partial charge in [0.05, 0.1) is 17.7 Å². The number of carbonyl (C=O) groups is 2. The Morgan fingerprint density at radius 3 is 2.45 bits per heavy atom. The summed E-state index contributed by atoms with van der Waals surface area (Å²) in [6.45, 7) is 4.97. The second-order valence-electron chi connectivity index (χ2n) is 5.29. The van der Waals surface area contributed by atoms with Crippen LogP contribution in [0.5, 0.6) is 0 Å². The van der Waals surface area contributed by atoms with Crippen LogP contribution in [0.15, 0.2) is 18.2 Å². The highest BCUT2D eigenvalue weighted by molar-refractivity contribution is 5.94. The summed E-state index contributed by atoms with van der Waals surface area (Å²) >= 11 is 0. The molecular weight excluding hydrogens is 260 g/mol. The minimum Gasteiger partial charge on any atom is -0.478 e. The van der Waals surface area contributed by atoms with Crippen molar-refractivity contribution < 1.29 is 19.8 Å². The van der Waals surface area contributed by atoms with Gasteiger partial charge in [-0.15, -0.1) is 0 Å². The highest BCUT2D eigenvalue weighted by Crippen LogP contribution is 2.18. The van der Waals surface area contributed by atoms with Crippen LogP contribution in [0.1, 0.15) is 29.8 Å². The number of carboxylic acid groups (broad SMARTS) is 1. The Kier molecular flexibility index (Phi) is 4.73. The number of aliphatic hydroxyl groups is 1. The Morgan fingerprint density at radius 1 is 1.35 bits per heavy atom. The number of nitrogens with one attached hydrogen (secondary N) is 1. The van der Waals surface area contributed by atoms with Crippen molar-refractivity contribution in [2.75, 3.05) is 19.0 Å². The first kappa shape index (κ1) is 16.0. The molecule has 0 atom stereocenters. The number of likely N-dealkylation sites (N-methyl/N-ethyl adjacent to an activating group) is 1. The molecule has 0 aliphatic heterocycles. The van der Waals surface area contributed by atoms with E-state index in [1.165, 1.54) is 11.0 Å². The molecule has 6 heteroatoms. The van der Waals surface area contributed by atoms with E-state index >= 15 is 0 Å². The fourth-order valence-corrected chi connectivity index (χ4v) is 1.52. The maximum absolute atomic E-state index is 12.0. The molecular formula is C14H20N2O4. The van der Waals surface area contributed by atoms with E-state index in [9.17, 15) is 14.7 Å². The number of hydrogen-bond donors (Lipinski definition) is 3. The zero-order chi connectivity index (χ0) is 15.5. The molecule has 0 spiro atoms. The number of aromatic carboxylic acids is 1. The van der Waals surface area contributed by atoms with Gasteiger partial charge in [0.1, 0.15) is 0 Å². The van der Waals surface area contributed by atoms with Crippen molar-refractivity contribution in [3.8, 4) is 0 Å². The number of carboxylic acids is 1. The first-order valence-corrected chi connectivity index (χ1v) is 6.18. The van der Waals surface area contributed by atoms with Crippen molar-refractivity contribution in [2.24, 2.45) is 0 Å². The fraction of sp³-hybridized carbons (Fsp3) is 0.429. The van der Waals surface area contributed by atoms with Crippen molar-refractivity contribution in [1.82, 2.24) is 4.90 Å². The summed E-state index contributed by atoms with van der Waals surface area (Å²) in [7, 11) is 1.57. The number of rotatable bonds is 4. The van der Waals surface area contributed by atoms with Gasteiger partial charge in [-0.2, -0.15) is 0 Å². The molecule has 1 aromatic rings. The lowest BCUT2D eigenvalue weighted by molar-refractivity contribution is 0.0696. The molecule has 3 N–H and O–H groups in total. The smallest absolute Gasteiger partial charge is 0.336 e. The lowest BCUT2D eigenvalue weighted by Crippen LogP contribution is -2.49. The van der Waals surface area contributed by atoms with Gasteiger partial charge in [-0.3, -0.25) is 0 Å². The largest absolute Gasteiger partial charge is 0.478 e.